The van der Waals surface area contributed by atoms with E-state index in [4.69, 9.17) is 9.47 Å². The van der Waals surface area contributed by atoms with Gasteiger partial charge < -0.3 is 19.7 Å². The van der Waals surface area contributed by atoms with Crippen molar-refractivity contribution in [2.45, 2.75) is 26.1 Å². The van der Waals surface area contributed by atoms with Gasteiger partial charge in [-0.2, -0.15) is 0 Å². The van der Waals surface area contributed by atoms with Crippen LogP contribution in [0, 0.1) is 5.82 Å². The Bertz CT molecular complexity index is 739. The molecule has 1 fully saturated rings. The number of nitrogens with one attached hydrogen (secondary N) is 1. The summed E-state index contributed by atoms with van der Waals surface area (Å²) in [5.41, 5.74) is 1.59. The van der Waals surface area contributed by atoms with Crippen LogP contribution < -0.4 is 10.1 Å². The van der Waals surface area contributed by atoms with Crippen molar-refractivity contribution in [3.8, 4) is 5.75 Å². The summed E-state index contributed by atoms with van der Waals surface area (Å²) in [6.45, 7) is 6.25. The van der Waals surface area contributed by atoms with Crippen LogP contribution in [0.15, 0.2) is 48.5 Å². The number of halogens is 1. The monoisotopic (exact) mass is 372 g/mol. The van der Waals surface area contributed by atoms with Crippen LogP contribution in [0.1, 0.15) is 24.2 Å². The summed E-state index contributed by atoms with van der Waals surface area (Å²) in [7, 11) is 0. The van der Waals surface area contributed by atoms with Crippen molar-refractivity contribution in [1.82, 2.24) is 4.90 Å². The van der Waals surface area contributed by atoms with Crippen LogP contribution in [0.4, 0.5) is 10.1 Å². The Balaban J connectivity index is 1.46. The van der Waals surface area contributed by atoms with Gasteiger partial charge in [-0.1, -0.05) is 0 Å². The van der Waals surface area contributed by atoms with E-state index in [1.807, 2.05) is 43.0 Å². The maximum Gasteiger partial charge on any atom is 0.254 e. The van der Waals surface area contributed by atoms with Crippen molar-refractivity contribution >= 4 is 11.6 Å². The average Bonchev–Trinajstić information content (AvgIpc) is 2.66. The lowest BCUT2D eigenvalue weighted by atomic mass is 10.1. The van der Waals surface area contributed by atoms with E-state index < -0.39 is 0 Å². The maximum absolute atomic E-state index is 12.8. The minimum atomic E-state index is -0.281. The van der Waals surface area contributed by atoms with Crippen LogP contribution in [0.2, 0.25) is 0 Å². The fourth-order valence-electron chi connectivity index (χ4n) is 3.15. The molecular weight excluding hydrogens is 347 g/mol. The summed E-state index contributed by atoms with van der Waals surface area (Å²) < 4.78 is 24.1. The summed E-state index contributed by atoms with van der Waals surface area (Å²) in [6.07, 6.45) is 0.111. The second-order valence-corrected chi connectivity index (χ2v) is 6.77. The summed E-state index contributed by atoms with van der Waals surface area (Å²) in [5.74, 6) is 0.382. The van der Waals surface area contributed by atoms with Crippen LogP contribution in [0.25, 0.3) is 0 Å². The molecule has 144 valence electrons. The lowest BCUT2D eigenvalue weighted by Gasteiger charge is -2.35. The van der Waals surface area contributed by atoms with Gasteiger partial charge in [0.2, 0.25) is 0 Å². The number of benzene rings is 2. The normalized spacial score (nSPS) is 19.6. The summed E-state index contributed by atoms with van der Waals surface area (Å²) in [5, 5.41) is 3.24. The molecule has 2 aromatic rings. The molecule has 2 aromatic carbocycles. The molecule has 6 heteroatoms. The first-order valence-electron chi connectivity index (χ1n) is 9.18. The van der Waals surface area contributed by atoms with Crippen LogP contribution in [0.3, 0.4) is 0 Å². The number of hydrogen-bond donors (Lipinski definition) is 1. The van der Waals surface area contributed by atoms with Gasteiger partial charge in [-0.05, 0) is 62.4 Å². The van der Waals surface area contributed by atoms with E-state index in [9.17, 15) is 9.18 Å². The number of anilines is 1. The van der Waals surface area contributed by atoms with Gasteiger partial charge in [0, 0.05) is 30.9 Å². The second kappa shape index (κ2) is 8.86. The zero-order valence-corrected chi connectivity index (χ0v) is 15.7. The van der Waals surface area contributed by atoms with E-state index in [1.165, 1.54) is 12.1 Å². The maximum atomic E-state index is 12.8. The van der Waals surface area contributed by atoms with Gasteiger partial charge in [-0.3, -0.25) is 4.79 Å². The quantitative estimate of drug-likeness (QED) is 0.788. The molecule has 0 bridgehead atoms. The highest BCUT2D eigenvalue weighted by atomic mass is 19.1. The van der Waals surface area contributed by atoms with E-state index in [2.05, 4.69) is 5.32 Å². The van der Waals surface area contributed by atoms with Crippen molar-refractivity contribution in [3.63, 3.8) is 0 Å². The molecule has 0 radical (unpaired) electrons. The van der Waals surface area contributed by atoms with Crippen molar-refractivity contribution in [2.24, 2.45) is 0 Å². The van der Waals surface area contributed by atoms with Crippen LogP contribution >= 0.6 is 0 Å². The Morgan fingerprint density at radius 3 is 2.37 bits per heavy atom. The summed E-state index contributed by atoms with van der Waals surface area (Å²) in [4.78, 5) is 14.5. The molecule has 1 amide bonds. The molecule has 0 aromatic heterocycles. The third-order valence-corrected chi connectivity index (χ3v) is 4.35. The number of amides is 1. The van der Waals surface area contributed by atoms with Gasteiger partial charge in [-0.15, -0.1) is 0 Å². The standard InChI is InChI=1S/C21H25FN2O3/c1-15-13-24(14-16(2)27-15)21(25)17-3-7-19(8-4-17)23-11-12-26-20-9-5-18(22)6-10-20/h3-10,15-16,23H,11-14H2,1-2H3. The molecule has 2 unspecified atom stereocenters. The molecule has 2 atom stereocenters. The predicted molar refractivity (Wildman–Crippen MR) is 103 cm³/mol. The van der Waals surface area contributed by atoms with Crippen molar-refractivity contribution in [3.05, 3.63) is 59.9 Å². The number of nitrogens with zero attached hydrogens (tertiary/aromatic N) is 1. The highest BCUT2D eigenvalue weighted by molar-refractivity contribution is 5.94. The van der Waals surface area contributed by atoms with Gasteiger partial charge in [0.1, 0.15) is 18.2 Å². The SMILES string of the molecule is CC1CN(C(=O)c2ccc(NCCOc3ccc(F)cc3)cc2)CC(C)O1. The second-order valence-electron chi connectivity index (χ2n) is 6.77. The van der Waals surface area contributed by atoms with Gasteiger partial charge in [0.15, 0.2) is 0 Å². The molecule has 1 saturated heterocycles. The van der Waals surface area contributed by atoms with Gasteiger partial charge in [0.05, 0.1) is 12.2 Å². The van der Waals surface area contributed by atoms with Crippen molar-refractivity contribution in [1.29, 1.82) is 0 Å². The molecule has 0 saturated carbocycles. The minimum absolute atomic E-state index is 0.0307. The molecule has 1 heterocycles. The van der Waals surface area contributed by atoms with E-state index >= 15 is 0 Å². The lowest BCUT2D eigenvalue weighted by molar-refractivity contribution is -0.0586. The number of rotatable bonds is 6. The topological polar surface area (TPSA) is 50.8 Å². The number of morpholine rings is 1. The first-order chi connectivity index (χ1) is 13.0. The number of carbonyl (C=O) groups is 1. The molecule has 1 aliphatic heterocycles. The molecule has 1 aliphatic rings. The Hall–Kier alpha value is -2.60. The van der Waals surface area contributed by atoms with Gasteiger partial charge in [-0.25, -0.2) is 4.39 Å². The highest BCUT2D eigenvalue weighted by Gasteiger charge is 2.26. The lowest BCUT2D eigenvalue weighted by Crippen LogP contribution is -2.48. The van der Waals surface area contributed by atoms with E-state index in [-0.39, 0.29) is 23.9 Å². The van der Waals surface area contributed by atoms with Gasteiger partial charge >= 0.3 is 0 Å². The Kier molecular flexibility index (Phi) is 6.29. The number of hydrogen-bond acceptors (Lipinski definition) is 4. The van der Waals surface area contributed by atoms with Crippen molar-refractivity contribution < 1.29 is 18.7 Å². The average molecular weight is 372 g/mol. The number of ether oxygens (including phenoxy) is 2. The van der Waals surface area contributed by atoms with E-state index in [1.54, 1.807) is 12.1 Å². The largest absolute Gasteiger partial charge is 0.492 e. The molecule has 27 heavy (non-hydrogen) atoms. The first-order valence-corrected chi connectivity index (χ1v) is 9.18. The van der Waals surface area contributed by atoms with Crippen molar-refractivity contribution in [2.75, 3.05) is 31.6 Å². The Labute approximate surface area is 159 Å². The van der Waals surface area contributed by atoms with E-state index in [0.717, 1.165) is 5.69 Å². The third-order valence-electron chi connectivity index (χ3n) is 4.35. The van der Waals surface area contributed by atoms with Crippen LogP contribution in [-0.4, -0.2) is 49.3 Å². The molecule has 5 nitrogen and oxygen atoms in total. The summed E-state index contributed by atoms with van der Waals surface area (Å²) >= 11 is 0. The van der Waals surface area contributed by atoms with E-state index in [0.29, 0.717) is 37.6 Å². The van der Waals surface area contributed by atoms with Gasteiger partial charge in [0.25, 0.3) is 5.91 Å². The molecule has 3 rings (SSSR count). The third kappa shape index (κ3) is 5.44. The summed E-state index contributed by atoms with van der Waals surface area (Å²) in [6, 6.07) is 13.4. The molecule has 0 spiro atoms. The van der Waals surface area contributed by atoms with Crippen LogP contribution in [-0.2, 0) is 4.74 Å². The Morgan fingerprint density at radius 1 is 1.11 bits per heavy atom. The zero-order valence-electron chi connectivity index (χ0n) is 15.7. The molecule has 1 N–H and O–H groups in total. The first kappa shape index (κ1) is 19.2. The fraction of sp³-hybridized carbons (Fsp3) is 0.381. The minimum Gasteiger partial charge on any atom is -0.492 e. The molecular formula is C21H25FN2O3. The smallest absolute Gasteiger partial charge is 0.254 e. The predicted octanol–water partition coefficient (Wildman–Crippen LogP) is 3.57. The fourth-order valence-corrected chi connectivity index (χ4v) is 3.15. The highest BCUT2D eigenvalue weighted by Crippen LogP contribution is 2.16. The zero-order chi connectivity index (χ0) is 19.2. The number of carbonyl (C=O) groups excluding carboxylic acids is 1. The Morgan fingerprint density at radius 2 is 1.74 bits per heavy atom. The molecule has 0 aliphatic carbocycles. The van der Waals surface area contributed by atoms with Crippen LogP contribution in [0.5, 0.6) is 5.75 Å².